The summed E-state index contributed by atoms with van der Waals surface area (Å²) in [4.78, 5) is 20.8. The first-order valence-corrected chi connectivity index (χ1v) is 12.6. The fraction of sp³-hybridized carbons (Fsp3) is 0.500. The van der Waals surface area contributed by atoms with Crippen LogP contribution < -0.4 is 15.0 Å². The zero-order valence-corrected chi connectivity index (χ0v) is 20.7. The van der Waals surface area contributed by atoms with Crippen molar-refractivity contribution in [3.05, 3.63) is 35.9 Å². The van der Waals surface area contributed by atoms with E-state index < -0.39 is 16.8 Å². The van der Waals surface area contributed by atoms with Gasteiger partial charge in [0.05, 0.1) is 19.8 Å². The number of carbonyl (C=O) groups excluding carboxylic acids is 1. The first kappa shape index (κ1) is 26.4. The van der Waals surface area contributed by atoms with Crippen molar-refractivity contribution in [2.45, 2.75) is 24.1 Å². The molecule has 3 heterocycles. The zero-order valence-electron chi connectivity index (χ0n) is 19.9. The normalized spacial score (nSPS) is 18.4. The van der Waals surface area contributed by atoms with Crippen molar-refractivity contribution in [2.75, 3.05) is 62.8 Å². The van der Waals surface area contributed by atoms with Crippen LogP contribution in [0.25, 0.3) is 11.1 Å². The van der Waals surface area contributed by atoms with Crippen LogP contribution in [0.3, 0.4) is 0 Å². The third-order valence-corrected chi connectivity index (χ3v) is 6.98. The molecule has 2 fully saturated rings. The Morgan fingerprint density at radius 2 is 2.03 bits per heavy atom. The van der Waals surface area contributed by atoms with Crippen molar-refractivity contribution in [2.24, 2.45) is 0 Å². The second-order valence-electron chi connectivity index (χ2n) is 8.60. The second kappa shape index (κ2) is 11.6. The summed E-state index contributed by atoms with van der Waals surface area (Å²) in [5, 5.41) is 11.3. The van der Waals surface area contributed by atoms with Gasteiger partial charge in [0.1, 0.15) is 12.4 Å². The van der Waals surface area contributed by atoms with E-state index in [2.05, 4.69) is 15.2 Å². The summed E-state index contributed by atoms with van der Waals surface area (Å²) in [6.45, 7) is 4.81. The van der Waals surface area contributed by atoms with Crippen LogP contribution in [-0.2, 0) is 4.74 Å². The van der Waals surface area contributed by atoms with Gasteiger partial charge in [0.2, 0.25) is 5.88 Å². The summed E-state index contributed by atoms with van der Waals surface area (Å²) in [6.07, 6.45) is 0.300. The summed E-state index contributed by atoms with van der Waals surface area (Å²) in [5.74, 6) is 1.10. The molecule has 0 unspecified atom stereocenters. The number of aliphatic hydroxyl groups is 1. The van der Waals surface area contributed by atoms with E-state index in [4.69, 9.17) is 9.47 Å². The van der Waals surface area contributed by atoms with Crippen molar-refractivity contribution in [3.8, 4) is 17.0 Å². The lowest BCUT2D eigenvalue weighted by molar-refractivity contribution is -0.0333. The molecule has 1 aromatic heterocycles. The van der Waals surface area contributed by atoms with Gasteiger partial charge in [0.25, 0.3) is 0 Å². The highest BCUT2D eigenvalue weighted by atomic mass is 32.2. The molecular weight excluding hydrogens is 497 g/mol. The molecule has 0 aliphatic carbocycles. The number of nitrogens with zero attached hydrogens (tertiary/aromatic N) is 3. The fourth-order valence-corrected chi connectivity index (χ4v) is 5.09. The molecule has 1 aromatic carbocycles. The van der Waals surface area contributed by atoms with Crippen LogP contribution >= 0.6 is 11.8 Å². The number of aromatic nitrogens is 1. The predicted octanol–water partition coefficient (Wildman–Crippen LogP) is 4.12. The molecule has 1 atom stereocenters. The quantitative estimate of drug-likeness (QED) is 0.561. The van der Waals surface area contributed by atoms with Gasteiger partial charge in [0, 0.05) is 43.2 Å². The van der Waals surface area contributed by atoms with Crippen LogP contribution in [0.1, 0.15) is 12.0 Å². The minimum Gasteiger partial charge on any atom is -0.475 e. The van der Waals surface area contributed by atoms with Gasteiger partial charge in [-0.25, -0.2) is 4.79 Å². The fourth-order valence-electron chi connectivity index (χ4n) is 4.24. The summed E-state index contributed by atoms with van der Waals surface area (Å²) in [5.41, 5.74) is -1.13. The van der Waals surface area contributed by atoms with Gasteiger partial charge in [-0.2, -0.15) is 18.2 Å². The van der Waals surface area contributed by atoms with Crippen molar-refractivity contribution >= 4 is 29.3 Å². The molecule has 0 radical (unpaired) electrons. The monoisotopic (exact) mass is 526 g/mol. The molecule has 0 spiro atoms. The molecule has 12 heteroatoms. The van der Waals surface area contributed by atoms with Gasteiger partial charge in [-0.05, 0) is 60.0 Å². The van der Waals surface area contributed by atoms with E-state index in [9.17, 15) is 23.1 Å². The number of alkyl halides is 3. The molecule has 8 nitrogen and oxygen atoms in total. The highest BCUT2D eigenvalue weighted by Gasteiger charge is 2.37. The molecule has 2 aliphatic heterocycles. The van der Waals surface area contributed by atoms with E-state index in [0.717, 1.165) is 22.5 Å². The number of halogens is 3. The maximum atomic E-state index is 12.7. The lowest BCUT2D eigenvalue weighted by atomic mass is 10.0. The van der Waals surface area contributed by atoms with Gasteiger partial charge < -0.3 is 29.7 Å². The molecule has 2 amide bonds. The standard InChI is InChI=1S/C24H29F3N4O4S/c1-16-2-3-18(28-23(33)31-5-4-19(15-31)36-24(25,26)27)14-20(16)17-12-21(30-6-9-34-10-7-30)29-22(13-17)35-11-8-32/h2-3,12-14,19,32H,4-11,15H2,1H3,(H,28,33)/t19-/m1/s1. The number of hydrogen-bond acceptors (Lipinski definition) is 7. The number of hydrogen-bond donors (Lipinski definition) is 2. The third kappa shape index (κ3) is 6.95. The number of nitrogens with one attached hydrogen (secondary N) is 1. The number of amides is 2. The number of urea groups is 1. The van der Waals surface area contributed by atoms with E-state index in [0.29, 0.717) is 44.3 Å². The number of pyridine rings is 1. The summed E-state index contributed by atoms with van der Waals surface area (Å²) >= 11 is -0.0536. The van der Waals surface area contributed by atoms with Gasteiger partial charge in [-0.3, -0.25) is 0 Å². The number of aliphatic hydroxyl groups excluding tert-OH is 1. The molecular formula is C24H29F3N4O4S. The SMILES string of the molecule is Cc1ccc(NC(=O)N2CC[C@@H](SC(F)(F)F)C2)cc1-c1cc(OCCO)nc(N2CCOCC2)c1. The Labute approximate surface area is 211 Å². The number of ether oxygens (including phenoxy) is 2. The van der Waals surface area contributed by atoms with E-state index in [1.165, 1.54) is 4.90 Å². The summed E-state index contributed by atoms with van der Waals surface area (Å²) < 4.78 is 49.1. The number of likely N-dealkylation sites (tertiary alicyclic amines) is 1. The molecule has 2 aromatic rings. The highest BCUT2D eigenvalue weighted by molar-refractivity contribution is 8.00. The Balaban J connectivity index is 1.53. The van der Waals surface area contributed by atoms with Crippen molar-refractivity contribution < 1.29 is 32.5 Å². The first-order valence-electron chi connectivity index (χ1n) is 11.7. The van der Waals surface area contributed by atoms with Gasteiger partial charge in [0.15, 0.2) is 0 Å². The van der Waals surface area contributed by atoms with Crippen LogP contribution in [0.15, 0.2) is 30.3 Å². The third-order valence-electron chi connectivity index (χ3n) is 6.00. The number of anilines is 2. The Morgan fingerprint density at radius 3 is 2.75 bits per heavy atom. The Hall–Kier alpha value is -2.70. The Bertz CT molecular complexity index is 1070. The second-order valence-corrected chi connectivity index (χ2v) is 9.97. The average molecular weight is 527 g/mol. The molecule has 36 heavy (non-hydrogen) atoms. The maximum Gasteiger partial charge on any atom is 0.442 e. The van der Waals surface area contributed by atoms with Crippen LogP contribution in [0.2, 0.25) is 0 Å². The summed E-state index contributed by atoms with van der Waals surface area (Å²) in [7, 11) is 0. The van der Waals surface area contributed by atoms with E-state index in [-0.39, 0.29) is 38.1 Å². The molecule has 2 N–H and O–H groups in total. The Kier molecular flexibility index (Phi) is 8.47. The number of aryl methyl sites for hydroxylation is 1. The molecule has 196 valence electrons. The van der Waals surface area contributed by atoms with Crippen LogP contribution in [0.5, 0.6) is 5.88 Å². The average Bonchev–Trinajstić information content (AvgIpc) is 3.31. The van der Waals surface area contributed by atoms with Gasteiger partial charge in [-0.15, -0.1) is 0 Å². The largest absolute Gasteiger partial charge is 0.475 e. The zero-order chi connectivity index (χ0) is 25.7. The summed E-state index contributed by atoms with van der Waals surface area (Å²) in [6, 6.07) is 8.78. The lowest BCUT2D eigenvalue weighted by Gasteiger charge is -2.28. The predicted molar refractivity (Wildman–Crippen MR) is 133 cm³/mol. The van der Waals surface area contributed by atoms with Crippen molar-refractivity contribution in [1.29, 1.82) is 0 Å². The smallest absolute Gasteiger partial charge is 0.442 e. The number of carbonyl (C=O) groups is 1. The van der Waals surface area contributed by atoms with Crippen molar-refractivity contribution in [1.82, 2.24) is 9.88 Å². The highest BCUT2D eigenvalue weighted by Crippen LogP contribution is 2.38. The van der Waals surface area contributed by atoms with Crippen LogP contribution in [-0.4, -0.2) is 84.4 Å². The van der Waals surface area contributed by atoms with E-state index in [1.807, 2.05) is 25.1 Å². The molecule has 0 saturated carbocycles. The Morgan fingerprint density at radius 1 is 1.25 bits per heavy atom. The van der Waals surface area contributed by atoms with Crippen LogP contribution in [0, 0.1) is 6.92 Å². The van der Waals surface area contributed by atoms with Gasteiger partial charge in [-0.1, -0.05) is 6.07 Å². The maximum absolute atomic E-state index is 12.7. The molecule has 0 bridgehead atoms. The van der Waals surface area contributed by atoms with E-state index >= 15 is 0 Å². The lowest BCUT2D eigenvalue weighted by Crippen LogP contribution is -2.36. The number of thioether (sulfide) groups is 1. The van der Waals surface area contributed by atoms with Gasteiger partial charge >= 0.3 is 11.5 Å². The van der Waals surface area contributed by atoms with Crippen molar-refractivity contribution in [3.63, 3.8) is 0 Å². The molecule has 2 aliphatic rings. The first-order chi connectivity index (χ1) is 17.2. The minimum absolute atomic E-state index is 0.0492. The molecule has 2 saturated heterocycles. The number of rotatable bonds is 7. The number of benzene rings is 1. The number of morpholine rings is 1. The molecule has 4 rings (SSSR count). The minimum atomic E-state index is -4.31. The topological polar surface area (TPSA) is 87.2 Å². The van der Waals surface area contributed by atoms with Crippen LogP contribution in [0.4, 0.5) is 29.5 Å². The van der Waals surface area contributed by atoms with E-state index in [1.54, 1.807) is 12.1 Å².